The summed E-state index contributed by atoms with van der Waals surface area (Å²) in [5, 5.41) is 0. The second-order valence-corrected chi connectivity index (χ2v) is 10.3. The minimum atomic E-state index is 0.972. The van der Waals surface area contributed by atoms with Gasteiger partial charge in [-0.2, -0.15) is 0 Å². The Hall–Kier alpha value is -5.60. The Morgan fingerprint density at radius 1 is 0.286 bits per heavy atom. The molecule has 7 rings (SSSR count). The van der Waals surface area contributed by atoms with Gasteiger partial charge in [-0.25, -0.2) is 0 Å². The number of nitrogens with zero attached hydrogens (tertiary/aromatic N) is 2. The first-order valence-electron chi connectivity index (χ1n) is 14.2. The highest BCUT2D eigenvalue weighted by Gasteiger charge is 2.11. The summed E-state index contributed by atoms with van der Waals surface area (Å²) in [5.74, 6) is 0. The van der Waals surface area contributed by atoms with Crippen molar-refractivity contribution in [1.29, 1.82) is 0 Å². The second-order valence-electron chi connectivity index (χ2n) is 10.3. The predicted molar refractivity (Wildman–Crippen MR) is 175 cm³/mol. The van der Waals surface area contributed by atoms with E-state index in [1.165, 1.54) is 27.8 Å². The van der Waals surface area contributed by atoms with Gasteiger partial charge in [-0.3, -0.25) is 9.97 Å². The van der Waals surface area contributed by atoms with Crippen LogP contribution in [0.3, 0.4) is 0 Å². The van der Waals surface area contributed by atoms with Gasteiger partial charge in [0.25, 0.3) is 0 Å². The molecule has 0 saturated carbocycles. The van der Waals surface area contributed by atoms with E-state index in [9.17, 15) is 0 Å². The molecule has 0 atom stereocenters. The zero-order chi connectivity index (χ0) is 28.1. The van der Waals surface area contributed by atoms with Gasteiger partial charge in [0.05, 0.1) is 11.4 Å². The van der Waals surface area contributed by atoms with Crippen LogP contribution in [0.2, 0.25) is 0 Å². The number of aromatic nitrogens is 2. The zero-order valence-electron chi connectivity index (χ0n) is 23.1. The van der Waals surface area contributed by atoms with E-state index in [4.69, 9.17) is 4.98 Å². The molecule has 0 N–H and O–H groups in total. The molecule has 0 saturated heterocycles. The van der Waals surface area contributed by atoms with Gasteiger partial charge in [-0.15, -0.1) is 0 Å². The second kappa shape index (κ2) is 11.5. The maximum Gasteiger partial charge on any atom is 0.0708 e. The summed E-state index contributed by atoms with van der Waals surface area (Å²) in [5.41, 5.74) is 13.5. The zero-order valence-corrected chi connectivity index (χ0v) is 23.1. The SMILES string of the molecule is c1ccc(-c2ccc(-c3cccc(-c4cccc(-c5ccccc5-c5ccnc(-c6ccccc6)c5)c4)c3)cn2)cc1. The Labute approximate surface area is 246 Å². The summed E-state index contributed by atoms with van der Waals surface area (Å²) in [6.07, 6.45) is 3.87. The molecule has 0 fully saturated rings. The summed E-state index contributed by atoms with van der Waals surface area (Å²) < 4.78 is 0. The Morgan fingerprint density at radius 2 is 0.786 bits per heavy atom. The average Bonchev–Trinajstić information content (AvgIpc) is 3.09. The molecular formula is C40H28N2. The first kappa shape index (κ1) is 25.4. The first-order chi connectivity index (χ1) is 20.8. The fraction of sp³-hybridized carbons (Fsp3) is 0. The summed E-state index contributed by atoms with van der Waals surface area (Å²) >= 11 is 0. The van der Waals surface area contributed by atoms with Gasteiger partial charge in [0.1, 0.15) is 0 Å². The molecule has 5 aromatic carbocycles. The van der Waals surface area contributed by atoms with Crippen molar-refractivity contribution >= 4 is 0 Å². The molecule has 198 valence electrons. The van der Waals surface area contributed by atoms with Crippen LogP contribution in [0.1, 0.15) is 0 Å². The van der Waals surface area contributed by atoms with Crippen molar-refractivity contribution in [1.82, 2.24) is 9.97 Å². The lowest BCUT2D eigenvalue weighted by atomic mass is 9.92. The molecule has 0 aliphatic heterocycles. The monoisotopic (exact) mass is 536 g/mol. The van der Waals surface area contributed by atoms with Crippen molar-refractivity contribution in [3.63, 3.8) is 0 Å². The van der Waals surface area contributed by atoms with E-state index in [-0.39, 0.29) is 0 Å². The van der Waals surface area contributed by atoms with Crippen LogP contribution in [0.25, 0.3) is 67.0 Å². The molecule has 0 radical (unpaired) electrons. The molecule has 2 aromatic heterocycles. The molecule has 0 spiro atoms. The number of pyridine rings is 2. The average molecular weight is 537 g/mol. The van der Waals surface area contributed by atoms with Crippen LogP contribution in [0, 0.1) is 0 Å². The number of rotatable bonds is 6. The number of hydrogen-bond donors (Lipinski definition) is 0. The Balaban J connectivity index is 1.21. The van der Waals surface area contributed by atoms with Crippen molar-refractivity contribution < 1.29 is 0 Å². The summed E-state index contributed by atoms with van der Waals surface area (Å²) in [6.45, 7) is 0. The fourth-order valence-corrected chi connectivity index (χ4v) is 5.44. The van der Waals surface area contributed by atoms with Crippen molar-refractivity contribution in [2.75, 3.05) is 0 Å². The van der Waals surface area contributed by atoms with Crippen LogP contribution in [0.4, 0.5) is 0 Å². The minimum Gasteiger partial charge on any atom is -0.256 e. The fourth-order valence-electron chi connectivity index (χ4n) is 5.44. The minimum absolute atomic E-state index is 0.972. The molecule has 42 heavy (non-hydrogen) atoms. The van der Waals surface area contributed by atoms with Crippen LogP contribution >= 0.6 is 0 Å². The van der Waals surface area contributed by atoms with Crippen LogP contribution in [-0.4, -0.2) is 9.97 Å². The number of benzene rings is 5. The summed E-state index contributed by atoms with van der Waals surface area (Å²) in [7, 11) is 0. The van der Waals surface area contributed by atoms with Crippen molar-refractivity contribution in [3.05, 3.63) is 170 Å². The van der Waals surface area contributed by atoms with Crippen molar-refractivity contribution in [3.8, 4) is 67.0 Å². The van der Waals surface area contributed by atoms with E-state index in [2.05, 4.69) is 126 Å². The number of hydrogen-bond acceptors (Lipinski definition) is 2. The topological polar surface area (TPSA) is 25.8 Å². The molecule has 2 heteroatoms. The molecule has 0 amide bonds. The van der Waals surface area contributed by atoms with Crippen LogP contribution in [0.15, 0.2) is 170 Å². The largest absolute Gasteiger partial charge is 0.256 e. The normalized spacial score (nSPS) is 10.9. The van der Waals surface area contributed by atoms with Crippen LogP contribution < -0.4 is 0 Å². The van der Waals surface area contributed by atoms with Gasteiger partial charge >= 0.3 is 0 Å². The molecule has 0 bridgehead atoms. The van der Waals surface area contributed by atoms with Gasteiger partial charge in [-0.1, -0.05) is 127 Å². The highest BCUT2D eigenvalue weighted by atomic mass is 14.7. The lowest BCUT2D eigenvalue weighted by Crippen LogP contribution is -1.89. The van der Waals surface area contributed by atoms with Gasteiger partial charge in [0, 0.05) is 29.1 Å². The molecule has 0 aliphatic carbocycles. The standard InChI is InChI=1S/C40H28N2/c1-3-11-29(12-4-1)39-22-21-36(28-42-39)33-17-9-15-31(25-33)32-16-10-18-34(26-32)37-19-7-8-20-38(37)35-23-24-41-40(27-35)30-13-5-2-6-14-30/h1-28H. The van der Waals surface area contributed by atoms with E-state index in [1.54, 1.807) is 0 Å². The van der Waals surface area contributed by atoms with Crippen molar-refractivity contribution in [2.24, 2.45) is 0 Å². The molecule has 2 heterocycles. The van der Waals surface area contributed by atoms with E-state index in [0.29, 0.717) is 0 Å². The Kier molecular flexibility index (Phi) is 6.94. The van der Waals surface area contributed by atoms with Crippen molar-refractivity contribution in [2.45, 2.75) is 0 Å². The third-order valence-corrected chi connectivity index (χ3v) is 7.60. The quantitative estimate of drug-likeness (QED) is 0.211. The summed E-state index contributed by atoms with van der Waals surface area (Å²) in [6, 6.07) is 55.2. The maximum atomic E-state index is 4.74. The van der Waals surface area contributed by atoms with E-state index in [1.807, 2.05) is 48.8 Å². The van der Waals surface area contributed by atoms with Gasteiger partial charge < -0.3 is 0 Å². The van der Waals surface area contributed by atoms with Crippen LogP contribution in [-0.2, 0) is 0 Å². The smallest absolute Gasteiger partial charge is 0.0708 e. The molecular weight excluding hydrogens is 508 g/mol. The van der Waals surface area contributed by atoms with Gasteiger partial charge in [-0.05, 0) is 69.3 Å². The predicted octanol–water partition coefficient (Wildman–Crippen LogP) is 10.5. The first-order valence-corrected chi connectivity index (χ1v) is 14.2. The Morgan fingerprint density at radius 3 is 1.40 bits per heavy atom. The highest BCUT2D eigenvalue weighted by Crippen LogP contribution is 2.36. The Bertz CT molecular complexity index is 1960. The van der Waals surface area contributed by atoms with E-state index in [0.717, 1.165) is 39.2 Å². The van der Waals surface area contributed by atoms with E-state index < -0.39 is 0 Å². The third kappa shape index (κ3) is 5.26. The molecule has 0 unspecified atom stereocenters. The lowest BCUT2D eigenvalue weighted by Gasteiger charge is -2.13. The maximum absolute atomic E-state index is 4.74. The molecule has 7 aromatic rings. The molecule has 0 aliphatic rings. The van der Waals surface area contributed by atoms with Gasteiger partial charge in [0.15, 0.2) is 0 Å². The third-order valence-electron chi connectivity index (χ3n) is 7.60. The summed E-state index contributed by atoms with van der Waals surface area (Å²) in [4.78, 5) is 9.38. The highest BCUT2D eigenvalue weighted by molar-refractivity contribution is 5.86. The lowest BCUT2D eigenvalue weighted by molar-refractivity contribution is 1.32. The van der Waals surface area contributed by atoms with Crippen LogP contribution in [0.5, 0.6) is 0 Å². The molecule has 2 nitrogen and oxygen atoms in total. The van der Waals surface area contributed by atoms with Gasteiger partial charge in [0.2, 0.25) is 0 Å². The van der Waals surface area contributed by atoms with E-state index >= 15 is 0 Å².